The van der Waals surface area contributed by atoms with E-state index < -0.39 is 11.2 Å². The number of rotatable bonds is 5. The van der Waals surface area contributed by atoms with Crippen LogP contribution in [0, 0.1) is 0 Å². The predicted molar refractivity (Wildman–Crippen MR) is 89.0 cm³/mol. The Bertz CT molecular complexity index is 849. The maximum absolute atomic E-state index is 12.5. The number of nitrogens with one attached hydrogen (secondary N) is 2. The fourth-order valence-electron chi connectivity index (χ4n) is 2.40. The number of H-pyrrole nitrogens is 1. The lowest BCUT2D eigenvalue weighted by atomic mass is 10.0. The molecule has 0 bridgehead atoms. The van der Waals surface area contributed by atoms with Gasteiger partial charge < -0.3 is 5.32 Å². The lowest BCUT2D eigenvalue weighted by Gasteiger charge is -2.13. The summed E-state index contributed by atoms with van der Waals surface area (Å²) >= 11 is 0. The second-order valence-corrected chi connectivity index (χ2v) is 5.71. The zero-order chi connectivity index (χ0) is 17.1. The number of amides is 1. The lowest BCUT2D eigenvalue weighted by molar-refractivity contribution is 0.0955. The van der Waals surface area contributed by atoms with E-state index in [-0.39, 0.29) is 28.4 Å². The Hall–Kier alpha value is -2.44. The first-order valence-electron chi connectivity index (χ1n) is 7.86. The molecule has 2 rings (SSSR count). The monoisotopic (exact) mass is 318 g/mol. The molecule has 0 fully saturated rings. The van der Waals surface area contributed by atoms with Gasteiger partial charge in [-0.2, -0.15) is 0 Å². The van der Waals surface area contributed by atoms with Crippen LogP contribution in [0.1, 0.15) is 56.1 Å². The van der Waals surface area contributed by atoms with Gasteiger partial charge in [0.1, 0.15) is 0 Å². The molecule has 0 aromatic carbocycles. The smallest absolute Gasteiger partial charge is 0.329 e. The van der Waals surface area contributed by atoms with Crippen molar-refractivity contribution in [2.24, 2.45) is 0 Å². The number of hydrogen-bond donors (Lipinski definition) is 2. The Morgan fingerprint density at radius 3 is 2.61 bits per heavy atom. The molecule has 0 aliphatic carbocycles. The van der Waals surface area contributed by atoms with Crippen molar-refractivity contribution in [3.05, 3.63) is 38.2 Å². The highest BCUT2D eigenvalue weighted by Crippen LogP contribution is 2.19. The molecule has 0 radical (unpaired) electrons. The number of carbonyl (C=O) groups excluding carboxylic acids is 1. The first-order chi connectivity index (χ1) is 10.9. The number of aromatic nitrogens is 3. The molecule has 0 spiro atoms. The van der Waals surface area contributed by atoms with Gasteiger partial charge in [-0.15, -0.1) is 0 Å². The Morgan fingerprint density at radius 2 is 2.04 bits per heavy atom. The fourth-order valence-corrected chi connectivity index (χ4v) is 2.40. The Morgan fingerprint density at radius 1 is 1.35 bits per heavy atom. The van der Waals surface area contributed by atoms with Gasteiger partial charge >= 0.3 is 5.69 Å². The first kappa shape index (κ1) is 16.9. The maximum atomic E-state index is 12.5. The van der Waals surface area contributed by atoms with Crippen LogP contribution in [0.5, 0.6) is 0 Å². The molecule has 7 nitrogen and oxygen atoms in total. The molecule has 2 aromatic rings. The van der Waals surface area contributed by atoms with E-state index in [1.165, 1.54) is 4.57 Å². The van der Waals surface area contributed by atoms with E-state index in [0.29, 0.717) is 18.8 Å². The third-order valence-electron chi connectivity index (χ3n) is 3.66. The van der Waals surface area contributed by atoms with Crippen molar-refractivity contribution < 1.29 is 4.79 Å². The Labute approximate surface area is 133 Å². The molecule has 1 amide bonds. The number of hydrogen-bond acceptors (Lipinski definition) is 4. The number of pyridine rings is 1. The van der Waals surface area contributed by atoms with E-state index in [4.69, 9.17) is 0 Å². The molecule has 0 saturated carbocycles. The van der Waals surface area contributed by atoms with Gasteiger partial charge in [0.25, 0.3) is 11.5 Å². The predicted octanol–water partition coefficient (Wildman–Crippen LogP) is 1.37. The third kappa shape index (κ3) is 3.18. The SMILES string of the molecule is CCCNC(=O)c1cc(C(C)C)nc2c1c(=O)[nH]c(=O)n2CC. The quantitative estimate of drug-likeness (QED) is 0.870. The van der Waals surface area contributed by atoms with Crippen molar-refractivity contribution in [3.8, 4) is 0 Å². The minimum absolute atomic E-state index is 0.0665. The average Bonchev–Trinajstić information content (AvgIpc) is 2.51. The summed E-state index contributed by atoms with van der Waals surface area (Å²) in [5, 5.41) is 2.94. The lowest BCUT2D eigenvalue weighted by Crippen LogP contribution is -2.33. The van der Waals surface area contributed by atoms with Gasteiger partial charge in [0.05, 0.1) is 10.9 Å². The summed E-state index contributed by atoms with van der Waals surface area (Å²) in [6, 6.07) is 1.64. The maximum Gasteiger partial charge on any atom is 0.329 e. The highest BCUT2D eigenvalue weighted by Gasteiger charge is 2.19. The van der Waals surface area contributed by atoms with E-state index in [1.54, 1.807) is 13.0 Å². The number of carbonyl (C=O) groups is 1. The molecule has 124 valence electrons. The highest BCUT2D eigenvalue weighted by molar-refractivity contribution is 6.05. The molecular weight excluding hydrogens is 296 g/mol. The van der Waals surface area contributed by atoms with E-state index in [0.717, 1.165) is 6.42 Å². The van der Waals surface area contributed by atoms with Gasteiger partial charge in [0.2, 0.25) is 0 Å². The zero-order valence-corrected chi connectivity index (χ0v) is 13.9. The van der Waals surface area contributed by atoms with Crippen LogP contribution in [0.25, 0.3) is 11.0 Å². The molecular formula is C16H22N4O3. The minimum Gasteiger partial charge on any atom is -0.352 e. The van der Waals surface area contributed by atoms with Crippen LogP contribution < -0.4 is 16.6 Å². The van der Waals surface area contributed by atoms with Crippen LogP contribution in [0.3, 0.4) is 0 Å². The second kappa shape index (κ2) is 6.76. The summed E-state index contributed by atoms with van der Waals surface area (Å²) < 4.78 is 1.37. The molecule has 0 aliphatic rings. The normalized spacial score (nSPS) is 11.2. The Balaban J connectivity index is 2.86. The topological polar surface area (TPSA) is 96.8 Å². The van der Waals surface area contributed by atoms with Crippen molar-refractivity contribution in [3.63, 3.8) is 0 Å². The molecule has 2 aromatic heterocycles. The van der Waals surface area contributed by atoms with Crippen LogP contribution in [-0.2, 0) is 6.54 Å². The van der Waals surface area contributed by atoms with Crippen molar-refractivity contribution >= 4 is 16.9 Å². The van der Waals surface area contributed by atoms with E-state index >= 15 is 0 Å². The van der Waals surface area contributed by atoms with Crippen LogP contribution in [0.4, 0.5) is 0 Å². The van der Waals surface area contributed by atoms with Crippen LogP contribution in [-0.4, -0.2) is 27.0 Å². The third-order valence-corrected chi connectivity index (χ3v) is 3.66. The fraction of sp³-hybridized carbons (Fsp3) is 0.500. The minimum atomic E-state index is -0.584. The van der Waals surface area contributed by atoms with E-state index in [2.05, 4.69) is 15.3 Å². The van der Waals surface area contributed by atoms with Gasteiger partial charge in [-0.05, 0) is 25.3 Å². The highest BCUT2D eigenvalue weighted by atomic mass is 16.2. The molecule has 0 unspecified atom stereocenters. The van der Waals surface area contributed by atoms with E-state index in [9.17, 15) is 14.4 Å². The van der Waals surface area contributed by atoms with Gasteiger partial charge in [-0.3, -0.25) is 19.1 Å². The number of fused-ring (bicyclic) bond motifs is 1. The number of aryl methyl sites for hydroxylation is 1. The summed E-state index contributed by atoms with van der Waals surface area (Å²) in [4.78, 5) is 43.4. The van der Waals surface area contributed by atoms with Gasteiger partial charge in [0.15, 0.2) is 5.65 Å². The Kier molecular flexibility index (Phi) is 4.98. The van der Waals surface area contributed by atoms with Gasteiger partial charge in [-0.25, -0.2) is 9.78 Å². The van der Waals surface area contributed by atoms with Crippen LogP contribution >= 0.6 is 0 Å². The summed E-state index contributed by atoms with van der Waals surface area (Å²) in [7, 11) is 0. The number of nitrogens with zero attached hydrogens (tertiary/aromatic N) is 2. The molecule has 2 heterocycles. The average molecular weight is 318 g/mol. The van der Waals surface area contributed by atoms with Crippen molar-refractivity contribution in [1.29, 1.82) is 0 Å². The number of aromatic amines is 1. The van der Waals surface area contributed by atoms with Crippen LogP contribution in [0.15, 0.2) is 15.7 Å². The molecule has 2 N–H and O–H groups in total. The van der Waals surface area contributed by atoms with Crippen molar-refractivity contribution in [1.82, 2.24) is 19.9 Å². The molecule has 7 heteroatoms. The molecule has 23 heavy (non-hydrogen) atoms. The van der Waals surface area contributed by atoms with Gasteiger partial charge in [0, 0.05) is 18.8 Å². The molecule has 0 aliphatic heterocycles. The van der Waals surface area contributed by atoms with Gasteiger partial charge in [-0.1, -0.05) is 20.8 Å². The first-order valence-corrected chi connectivity index (χ1v) is 7.86. The van der Waals surface area contributed by atoms with Crippen LogP contribution in [0.2, 0.25) is 0 Å². The summed E-state index contributed by atoms with van der Waals surface area (Å²) in [5.41, 5.74) is 0.0912. The summed E-state index contributed by atoms with van der Waals surface area (Å²) in [6.45, 7) is 8.51. The summed E-state index contributed by atoms with van der Waals surface area (Å²) in [5.74, 6) is -0.259. The molecule has 0 atom stereocenters. The van der Waals surface area contributed by atoms with E-state index in [1.807, 2.05) is 20.8 Å². The second-order valence-electron chi connectivity index (χ2n) is 5.71. The molecule has 0 saturated heterocycles. The largest absolute Gasteiger partial charge is 0.352 e. The standard InChI is InChI=1S/C16H22N4O3/c1-5-7-17-14(21)10-8-11(9(3)4)18-13-12(10)15(22)19-16(23)20(13)6-2/h8-9H,5-7H2,1-4H3,(H,17,21)(H,19,22,23). The van der Waals surface area contributed by atoms with Crippen molar-refractivity contribution in [2.75, 3.05) is 6.54 Å². The van der Waals surface area contributed by atoms with Crippen molar-refractivity contribution in [2.45, 2.75) is 46.6 Å². The summed E-state index contributed by atoms with van der Waals surface area (Å²) in [6.07, 6.45) is 0.793. The zero-order valence-electron chi connectivity index (χ0n) is 13.9.